The molecule has 0 spiro atoms. The molecule has 0 saturated carbocycles. The van der Waals surface area contributed by atoms with Crippen molar-refractivity contribution >= 4 is 41.7 Å². The molecule has 1 atom stereocenters. The Bertz CT molecular complexity index is 769. The van der Waals surface area contributed by atoms with Crippen molar-refractivity contribution in [2.24, 2.45) is 0 Å². The van der Waals surface area contributed by atoms with Gasteiger partial charge in [-0.15, -0.1) is 11.3 Å². The van der Waals surface area contributed by atoms with Crippen LogP contribution in [0.3, 0.4) is 0 Å². The molecule has 1 aromatic rings. The number of carbonyl (C=O) groups excluding carboxylic acids is 1. The zero-order valence-corrected chi connectivity index (χ0v) is 23.7. The summed E-state index contributed by atoms with van der Waals surface area (Å²) in [6.07, 6.45) is 5.19. The van der Waals surface area contributed by atoms with E-state index < -0.39 is 14.4 Å². The summed E-state index contributed by atoms with van der Waals surface area (Å²) < 4.78 is 11.5. The quantitative estimate of drug-likeness (QED) is 0.191. The first-order valence-corrected chi connectivity index (χ1v) is 15.5. The third kappa shape index (κ3) is 8.48. The molecule has 31 heavy (non-hydrogen) atoms. The Morgan fingerprint density at radius 3 is 2.52 bits per heavy atom. The molecule has 0 aliphatic heterocycles. The number of halogens is 1. The minimum atomic E-state index is -1.98. The minimum Gasteiger partial charge on any atom is -0.453 e. The molecule has 0 fully saturated rings. The van der Waals surface area contributed by atoms with Gasteiger partial charge in [0.1, 0.15) is 5.01 Å². The summed E-state index contributed by atoms with van der Waals surface area (Å²) in [5.41, 5.74) is 1.79. The zero-order chi connectivity index (χ0) is 23.9. The molecule has 0 aliphatic rings. The molecule has 1 amide bonds. The lowest BCUT2D eigenvalue weighted by Gasteiger charge is -2.43. The summed E-state index contributed by atoms with van der Waals surface area (Å²) in [7, 11) is -0.619. The van der Waals surface area contributed by atoms with Crippen molar-refractivity contribution in [2.45, 2.75) is 82.4 Å². The molecular formula is C23H39BrN2O3SSi. The van der Waals surface area contributed by atoms with Gasteiger partial charge in [0.05, 0.1) is 18.9 Å². The first-order chi connectivity index (χ1) is 14.2. The maximum absolute atomic E-state index is 11.2. The summed E-state index contributed by atoms with van der Waals surface area (Å²) in [5, 5.41) is 6.77. The van der Waals surface area contributed by atoms with Crippen molar-refractivity contribution < 1.29 is 14.0 Å². The third-order valence-electron chi connectivity index (χ3n) is 5.89. The van der Waals surface area contributed by atoms with Crippen LogP contribution in [0, 0.1) is 0 Å². The number of aromatic nitrogens is 1. The van der Waals surface area contributed by atoms with Crippen LogP contribution in [0.5, 0.6) is 0 Å². The summed E-state index contributed by atoms with van der Waals surface area (Å²) in [6, 6.07) is 0. The molecule has 1 aromatic heterocycles. The van der Waals surface area contributed by atoms with Crippen LogP contribution in [0.25, 0.3) is 0 Å². The van der Waals surface area contributed by atoms with E-state index in [0.717, 1.165) is 28.0 Å². The Balaban J connectivity index is 2.98. The van der Waals surface area contributed by atoms with E-state index >= 15 is 0 Å². The number of alkyl carbamates (subject to hydrolysis) is 1. The third-order valence-corrected chi connectivity index (χ3v) is 12.2. The number of hydrogen-bond donors (Lipinski definition) is 1. The molecule has 5 nitrogen and oxygen atoms in total. The van der Waals surface area contributed by atoms with Crippen molar-refractivity contribution in [1.29, 1.82) is 0 Å². The predicted molar refractivity (Wildman–Crippen MR) is 138 cm³/mol. The van der Waals surface area contributed by atoms with Gasteiger partial charge in [-0.25, -0.2) is 9.78 Å². The monoisotopic (exact) mass is 530 g/mol. The molecule has 176 valence electrons. The van der Waals surface area contributed by atoms with Gasteiger partial charge < -0.3 is 14.5 Å². The van der Waals surface area contributed by atoms with Gasteiger partial charge in [-0.1, -0.05) is 74.9 Å². The summed E-state index contributed by atoms with van der Waals surface area (Å²) in [4.78, 5) is 16.0. The van der Waals surface area contributed by atoms with Crippen molar-refractivity contribution in [2.75, 3.05) is 13.7 Å². The first-order valence-electron chi connectivity index (χ1n) is 10.6. The van der Waals surface area contributed by atoms with Crippen LogP contribution in [0.2, 0.25) is 18.1 Å². The summed E-state index contributed by atoms with van der Waals surface area (Å²) in [5.74, 6) is 0. The fourth-order valence-electron chi connectivity index (χ4n) is 2.66. The van der Waals surface area contributed by atoms with Gasteiger partial charge in [0.25, 0.3) is 0 Å². The molecule has 0 aromatic carbocycles. The molecule has 0 saturated heterocycles. The Kier molecular flexibility index (Phi) is 10.7. The van der Waals surface area contributed by atoms with Crippen molar-refractivity contribution in [3.8, 4) is 0 Å². The lowest BCUT2D eigenvalue weighted by atomic mass is 9.85. The van der Waals surface area contributed by atoms with Gasteiger partial charge in [-0.2, -0.15) is 0 Å². The van der Waals surface area contributed by atoms with E-state index in [9.17, 15) is 4.79 Å². The lowest BCUT2D eigenvalue weighted by Crippen LogP contribution is -2.49. The van der Waals surface area contributed by atoms with Crippen LogP contribution >= 0.6 is 27.3 Å². The van der Waals surface area contributed by atoms with Crippen molar-refractivity contribution in [3.05, 3.63) is 40.4 Å². The number of rotatable bonds is 11. The van der Waals surface area contributed by atoms with Crippen LogP contribution in [0.4, 0.5) is 4.79 Å². The molecule has 0 bridgehead atoms. The van der Waals surface area contributed by atoms with Gasteiger partial charge in [0.2, 0.25) is 0 Å². The van der Waals surface area contributed by atoms with Gasteiger partial charge in [-0.3, -0.25) is 0 Å². The maximum Gasteiger partial charge on any atom is 0.406 e. The highest BCUT2D eigenvalue weighted by Gasteiger charge is 2.43. The number of methoxy groups -OCH3 is 1. The molecule has 0 aliphatic carbocycles. The number of amides is 1. The highest BCUT2D eigenvalue weighted by atomic mass is 79.9. The molecular weight excluding hydrogens is 492 g/mol. The second-order valence-electron chi connectivity index (χ2n) is 9.83. The van der Waals surface area contributed by atoms with Crippen molar-refractivity contribution in [3.63, 3.8) is 0 Å². The van der Waals surface area contributed by atoms with E-state index in [1.54, 1.807) is 11.3 Å². The van der Waals surface area contributed by atoms with Crippen LogP contribution in [-0.2, 0) is 19.9 Å². The number of hydrogen-bond acceptors (Lipinski definition) is 5. The predicted octanol–water partition coefficient (Wildman–Crippen LogP) is 6.95. The Labute approximate surface area is 202 Å². The highest BCUT2D eigenvalue weighted by molar-refractivity contribution is 9.08. The molecule has 1 rings (SSSR count). The number of ether oxygens (including phenoxy) is 1. The first kappa shape index (κ1) is 28.1. The number of nitrogens with zero attached hydrogens (tertiary/aromatic N) is 1. The second-order valence-corrected chi connectivity index (χ2v) is 16.0. The average molecular weight is 532 g/mol. The molecule has 0 unspecified atom stereocenters. The van der Waals surface area contributed by atoms with Gasteiger partial charge >= 0.3 is 6.09 Å². The Morgan fingerprint density at radius 2 is 2.00 bits per heavy atom. The number of thiazole rings is 1. The van der Waals surface area contributed by atoms with E-state index in [1.807, 2.05) is 6.08 Å². The zero-order valence-electron chi connectivity index (χ0n) is 20.3. The fraction of sp³-hybridized carbons (Fsp3) is 0.652. The summed E-state index contributed by atoms with van der Waals surface area (Å²) >= 11 is 5.21. The Hall–Kier alpha value is -0.963. The van der Waals surface area contributed by atoms with Gasteiger partial charge in [-0.05, 0) is 31.0 Å². The summed E-state index contributed by atoms with van der Waals surface area (Å²) in [6.45, 7) is 20.4. The normalized spacial score (nSPS) is 14.0. The fourth-order valence-corrected chi connectivity index (χ4v) is 5.61. The standard InChI is InChI=1S/C23H39BrN2O3SSi/c1-17(13-14-25-21(27)28-7)11-10-12-19(29-31(8,9)22(2,3)4)23(5,6)20-26-18(15-24)16-30-20/h10-11,16,19H,1,12-15H2,2-9H3,(H,25,27)/b11-10+/t19-/m1/s1. The van der Waals surface area contributed by atoms with Crippen LogP contribution in [0.1, 0.15) is 58.2 Å². The molecule has 1 N–H and O–H groups in total. The number of nitrogens with one attached hydrogen (secondary N) is 1. The average Bonchev–Trinajstić information content (AvgIpc) is 3.16. The molecule has 1 heterocycles. The largest absolute Gasteiger partial charge is 0.453 e. The highest BCUT2D eigenvalue weighted by Crippen LogP contribution is 2.42. The number of allylic oxidation sites excluding steroid dienone is 1. The van der Waals surface area contributed by atoms with E-state index in [1.165, 1.54) is 7.11 Å². The van der Waals surface area contributed by atoms with Crippen LogP contribution in [0.15, 0.2) is 29.7 Å². The van der Waals surface area contributed by atoms with Gasteiger partial charge in [0.15, 0.2) is 8.32 Å². The van der Waals surface area contributed by atoms with Gasteiger partial charge in [0, 0.05) is 22.7 Å². The number of alkyl halides is 1. The topological polar surface area (TPSA) is 60.5 Å². The minimum absolute atomic E-state index is 0.0000358. The maximum atomic E-state index is 11.2. The van der Waals surface area contributed by atoms with E-state index in [4.69, 9.17) is 9.41 Å². The Morgan fingerprint density at radius 1 is 1.35 bits per heavy atom. The van der Waals surface area contributed by atoms with Crippen LogP contribution in [-0.4, -0.2) is 39.2 Å². The van der Waals surface area contributed by atoms with Crippen molar-refractivity contribution in [1.82, 2.24) is 10.3 Å². The molecule has 8 heteroatoms. The second kappa shape index (κ2) is 11.8. The van der Waals surface area contributed by atoms with E-state index in [-0.39, 0.29) is 16.6 Å². The SMILES string of the molecule is C=C(/C=C/C[C@@H](O[Si](C)(C)C(C)(C)C)C(C)(C)c1nc(CBr)cs1)CCNC(=O)OC. The van der Waals surface area contributed by atoms with E-state index in [2.05, 4.69) is 91.7 Å². The lowest BCUT2D eigenvalue weighted by molar-refractivity contribution is 0.111. The molecule has 0 radical (unpaired) electrons. The number of carbonyl (C=O) groups is 1. The smallest absolute Gasteiger partial charge is 0.406 e. The van der Waals surface area contributed by atoms with Crippen LogP contribution < -0.4 is 5.32 Å². The van der Waals surface area contributed by atoms with E-state index in [0.29, 0.717) is 13.0 Å².